The van der Waals surface area contributed by atoms with Gasteiger partial charge < -0.3 is 10.1 Å². The molecule has 1 atom stereocenters. The van der Waals surface area contributed by atoms with Gasteiger partial charge in [-0.25, -0.2) is 0 Å². The van der Waals surface area contributed by atoms with Crippen LogP contribution in [0.2, 0.25) is 5.02 Å². The van der Waals surface area contributed by atoms with Crippen LogP contribution in [-0.2, 0) is 10.5 Å². The first kappa shape index (κ1) is 26.2. The minimum absolute atomic E-state index is 0.0203. The van der Waals surface area contributed by atoms with Crippen molar-refractivity contribution in [1.82, 2.24) is 20.1 Å². The van der Waals surface area contributed by atoms with Crippen molar-refractivity contribution >= 4 is 35.0 Å². The number of nitro groups is 1. The number of hydrogen-bond donors (Lipinski definition) is 1. The van der Waals surface area contributed by atoms with E-state index in [-0.39, 0.29) is 18.2 Å². The third-order valence-electron chi connectivity index (χ3n) is 5.38. The number of thioether (sulfide) groups is 1. The molecule has 0 aliphatic rings. The first-order valence-corrected chi connectivity index (χ1v) is 12.7. The lowest BCUT2D eigenvalue weighted by Crippen LogP contribution is -2.32. The summed E-state index contributed by atoms with van der Waals surface area (Å²) in [4.78, 5) is 23.3. The summed E-state index contributed by atoms with van der Waals surface area (Å²) in [5, 5.41) is 23.9. The van der Waals surface area contributed by atoms with E-state index < -0.39 is 11.0 Å². The number of rotatable bonds is 10. The van der Waals surface area contributed by atoms with Gasteiger partial charge in [0.25, 0.3) is 11.6 Å². The molecule has 0 spiro atoms. The van der Waals surface area contributed by atoms with Crippen LogP contribution in [-0.4, -0.2) is 32.2 Å². The SMILES string of the molecule is Cc1cccc(CSc2nnc(C(C)NC(=O)COc3ccc(Cl)cc3)n2-c2ccc([N+](=O)[O-])cc2)c1. The summed E-state index contributed by atoms with van der Waals surface area (Å²) < 4.78 is 7.33. The van der Waals surface area contributed by atoms with Crippen LogP contribution in [0.1, 0.15) is 29.9 Å². The van der Waals surface area contributed by atoms with Gasteiger partial charge in [0.15, 0.2) is 17.6 Å². The van der Waals surface area contributed by atoms with Gasteiger partial charge in [-0.1, -0.05) is 53.2 Å². The Hall–Kier alpha value is -3.89. The summed E-state index contributed by atoms with van der Waals surface area (Å²) in [6.45, 7) is 3.64. The zero-order chi connectivity index (χ0) is 26.4. The van der Waals surface area contributed by atoms with E-state index in [4.69, 9.17) is 16.3 Å². The van der Waals surface area contributed by atoms with E-state index in [1.54, 1.807) is 47.9 Å². The lowest BCUT2D eigenvalue weighted by Gasteiger charge is -2.16. The molecule has 190 valence electrons. The molecular weight excluding hydrogens is 514 g/mol. The number of carbonyl (C=O) groups excluding carboxylic acids is 1. The molecule has 0 aliphatic heterocycles. The summed E-state index contributed by atoms with van der Waals surface area (Å²) in [6, 6.07) is 20.5. The maximum absolute atomic E-state index is 12.6. The molecule has 0 saturated heterocycles. The van der Waals surface area contributed by atoms with Crippen molar-refractivity contribution in [2.24, 2.45) is 0 Å². The molecule has 1 aromatic heterocycles. The fourth-order valence-electron chi connectivity index (χ4n) is 3.60. The lowest BCUT2D eigenvalue weighted by molar-refractivity contribution is -0.384. The molecule has 1 amide bonds. The maximum atomic E-state index is 12.6. The highest BCUT2D eigenvalue weighted by atomic mass is 35.5. The van der Waals surface area contributed by atoms with E-state index in [9.17, 15) is 14.9 Å². The highest BCUT2D eigenvalue weighted by Gasteiger charge is 2.22. The number of nitrogens with one attached hydrogen (secondary N) is 1. The van der Waals surface area contributed by atoms with E-state index in [0.717, 1.165) is 11.1 Å². The van der Waals surface area contributed by atoms with E-state index in [2.05, 4.69) is 21.6 Å². The molecule has 1 unspecified atom stereocenters. The molecule has 37 heavy (non-hydrogen) atoms. The van der Waals surface area contributed by atoms with Crippen molar-refractivity contribution in [2.45, 2.75) is 30.8 Å². The zero-order valence-corrected chi connectivity index (χ0v) is 21.7. The Kier molecular flexibility index (Phi) is 8.42. The summed E-state index contributed by atoms with van der Waals surface area (Å²) in [7, 11) is 0. The van der Waals surface area contributed by atoms with Crippen LogP contribution in [0.5, 0.6) is 5.75 Å². The predicted octanol–water partition coefficient (Wildman–Crippen LogP) is 5.69. The average molecular weight is 538 g/mol. The fraction of sp³-hybridized carbons (Fsp3) is 0.192. The Bertz CT molecular complexity index is 1390. The van der Waals surface area contributed by atoms with Gasteiger partial charge in [0.2, 0.25) is 0 Å². The number of ether oxygens (including phenoxy) is 1. The molecule has 4 rings (SSSR count). The Morgan fingerprint density at radius 3 is 2.54 bits per heavy atom. The average Bonchev–Trinajstić information content (AvgIpc) is 3.31. The molecule has 1 N–H and O–H groups in total. The standard InChI is InChI=1S/C26H24ClN5O4S/c1-17-4-3-5-19(14-17)16-37-26-30-29-25(31(26)21-8-10-22(11-9-21)32(34)35)18(2)28-24(33)15-36-23-12-6-20(27)7-13-23/h3-14,18H,15-16H2,1-2H3,(H,28,33). The molecule has 0 radical (unpaired) electrons. The number of aryl methyl sites for hydroxylation is 1. The van der Waals surface area contributed by atoms with Crippen molar-refractivity contribution in [3.8, 4) is 11.4 Å². The van der Waals surface area contributed by atoms with Gasteiger partial charge in [-0.05, 0) is 55.8 Å². The summed E-state index contributed by atoms with van der Waals surface area (Å²) in [6.07, 6.45) is 0. The van der Waals surface area contributed by atoms with Crippen LogP contribution in [0, 0.1) is 17.0 Å². The largest absolute Gasteiger partial charge is 0.484 e. The van der Waals surface area contributed by atoms with Gasteiger partial charge in [-0.15, -0.1) is 10.2 Å². The second-order valence-electron chi connectivity index (χ2n) is 8.26. The summed E-state index contributed by atoms with van der Waals surface area (Å²) >= 11 is 7.37. The number of aromatic nitrogens is 3. The molecule has 9 nitrogen and oxygen atoms in total. The van der Waals surface area contributed by atoms with Gasteiger partial charge in [0.1, 0.15) is 5.75 Å². The maximum Gasteiger partial charge on any atom is 0.269 e. The van der Waals surface area contributed by atoms with Crippen molar-refractivity contribution in [1.29, 1.82) is 0 Å². The molecule has 3 aromatic carbocycles. The number of nitrogens with zero attached hydrogens (tertiary/aromatic N) is 4. The van der Waals surface area contributed by atoms with E-state index >= 15 is 0 Å². The van der Waals surface area contributed by atoms with Gasteiger partial charge in [-0.2, -0.15) is 0 Å². The molecule has 0 fully saturated rings. The summed E-state index contributed by atoms with van der Waals surface area (Å²) in [5.41, 5.74) is 2.92. The molecule has 11 heteroatoms. The number of hydrogen-bond acceptors (Lipinski definition) is 7. The van der Waals surface area contributed by atoms with Crippen LogP contribution in [0.3, 0.4) is 0 Å². The normalized spacial score (nSPS) is 11.6. The third kappa shape index (κ3) is 6.87. The zero-order valence-electron chi connectivity index (χ0n) is 20.1. The fourth-order valence-corrected chi connectivity index (χ4v) is 4.63. The third-order valence-corrected chi connectivity index (χ3v) is 6.63. The Morgan fingerprint density at radius 2 is 1.86 bits per heavy atom. The molecule has 0 bridgehead atoms. The predicted molar refractivity (Wildman–Crippen MR) is 142 cm³/mol. The van der Waals surface area contributed by atoms with E-state index in [1.807, 2.05) is 25.1 Å². The molecule has 0 aliphatic carbocycles. The Balaban J connectivity index is 1.54. The molecule has 0 saturated carbocycles. The van der Waals surface area contributed by atoms with Crippen molar-refractivity contribution in [3.63, 3.8) is 0 Å². The number of amides is 1. The van der Waals surface area contributed by atoms with Crippen molar-refractivity contribution < 1.29 is 14.5 Å². The van der Waals surface area contributed by atoms with Gasteiger partial charge in [0, 0.05) is 28.6 Å². The van der Waals surface area contributed by atoms with E-state index in [1.165, 1.54) is 23.9 Å². The Labute approximate surface area is 223 Å². The van der Waals surface area contributed by atoms with Crippen LogP contribution in [0.25, 0.3) is 5.69 Å². The quantitative estimate of drug-likeness (QED) is 0.157. The van der Waals surface area contributed by atoms with Crippen LogP contribution in [0.4, 0.5) is 5.69 Å². The molecule has 4 aromatic rings. The van der Waals surface area contributed by atoms with Crippen molar-refractivity contribution in [3.05, 3.63) is 105 Å². The second kappa shape index (κ2) is 11.9. The number of halogens is 1. The monoisotopic (exact) mass is 537 g/mol. The van der Waals surface area contributed by atoms with Gasteiger partial charge >= 0.3 is 0 Å². The smallest absolute Gasteiger partial charge is 0.269 e. The van der Waals surface area contributed by atoms with Crippen LogP contribution in [0.15, 0.2) is 78.0 Å². The second-order valence-corrected chi connectivity index (χ2v) is 9.64. The molecule has 1 heterocycles. The molecular formula is C26H24ClN5O4S. The Morgan fingerprint density at radius 1 is 1.14 bits per heavy atom. The number of benzene rings is 3. The number of nitro benzene ring substituents is 1. The summed E-state index contributed by atoms with van der Waals surface area (Å²) in [5.74, 6) is 1.33. The highest BCUT2D eigenvalue weighted by Crippen LogP contribution is 2.28. The van der Waals surface area contributed by atoms with Gasteiger partial charge in [-0.3, -0.25) is 19.5 Å². The van der Waals surface area contributed by atoms with Crippen LogP contribution >= 0.6 is 23.4 Å². The van der Waals surface area contributed by atoms with Crippen LogP contribution < -0.4 is 10.1 Å². The first-order valence-electron chi connectivity index (χ1n) is 11.4. The first-order chi connectivity index (χ1) is 17.8. The minimum atomic E-state index is -0.516. The van der Waals surface area contributed by atoms with Crippen molar-refractivity contribution in [2.75, 3.05) is 6.61 Å². The van der Waals surface area contributed by atoms with E-state index in [0.29, 0.717) is 33.2 Å². The highest BCUT2D eigenvalue weighted by molar-refractivity contribution is 7.98. The topological polar surface area (TPSA) is 112 Å². The van der Waals surface area contributed by atoms with Gasteiger partial charge in [0.05, 0.1) is 11.0 Å². The number of carbonyl (C=O) groups is 1. The minimum Gasteiger partial charge on any atom is -0.484 e. The lowest BCUT2D eigenvalue weighted by atomic mass is 10.2. The number of non-ortho nitro benzene ring substituents is 1.